The van der Waals surface area contributed by atoms with Gasteiger partial charge in [-0.15, -0.1) is 0 Å². The number of anilines is 1. The molecule has 2 aromatic rings. The van der Waals surface area contributed by atoms with Gasteiger partial charge >= 0.3 is 0 Å². The van der Waals surface area contributed by atoms with Gasteiger partial charge in [-0.3, -0.25) is 4.79 Å². The molecule has 108 valence electrons. The second-order valence-corrected chi connectivity index (χ2v) is 5.41. The Hall–Kier alpha value is -2.29. The highest BCUT2D eigenvalue weighted by atomic mass is 16.1. The van der Waals surface area contributed by atoms with Gasteiger partial charge in [0.05, 0.1) is 6.54 Å². The molecule has 1 heterocycles. The molecule has 0 aliphatic carbocycles. The minimum atomic E-state index is 0.0583. The van der Waals surface area contributed by atoms with E-state index in [9.17, 15) is 4.79 Å². The number of hydrogen-bond acceptors (Lipinski definition) is 2. The van der Waals surface area contributed by atoms with Crippen LogP contribution in [0.3, 0.4) is 0 Å². The molecule has 1 aliphatic heterocycles. The SMILES string of the molecule is CNC(=O)CN1CCC(c2ccccc2)c2ccccc21. The van der Waals surface area contributed by atoms with E-state index in [4.69, 9.17) is 0 Å². The molecular weight excluding hydrogens is 260 g/mol. The molecule has 21 heavy (non-hydrogen) atoms. The molecule has 1 N–H and O–H groups in total. The quantitative estimate of drug-likeness (QED) is 0.937. The summed E-state index contributed by atoms with van der Waals surface area (Å²) >= 11 is 0. The summed E-state index contributed by atoms with van der Waals surface area (Å²) in [6.45, 7) is 1.33. The van der Waals surface area contributed by atoms with Crippen LogP contribution in [0.4, 0.5) is 5.69 Å². The van der Waals surface area contributed by atoms with Crippen molar-refractivity contribution in [2.45, 2.75) is 12.3 Å². The Labute approximate surface area is 125 Å². The Morgan fingerprint density at radius 2 is 1.86 bits per heavy atom. The highest BCUT2D eigenvalue weighted by molar-refractivity contribution is 5.81. The van der Waals surface area contributed by atoms with Gasteiger partial charge in [0.2, 0.25) is 5.91 Å². The van der Waals surface area contributed by atoms with Crippen molar-refractivity contribution in [3.63, 3.8) is 0 Å². The van der Waals surface area contributed by atoms with Crippen molar-refractivity contribution in [1.29, 1.82) is 0 Å². The standard InChI is InChI=1S/C18H20N2O/c1-19-18(21)13-20-12-11-15(14-7-3-2-4-8-14)16-9-5-6-10-17(16)20/h2-10,15H,11-13H2,1H3,(H,19,21). The molecule has 0 spiro atoms. The summed E-state index contributed by atoms with van der Waals surface area (Å²) in [6.07, 6.45) is 1.04. The van der Waals surface area contributed by atoms with E-state index in [1.54, 1.807) is 7.05 Å². The minimum Gasteiger partial charge on any atom is -0.362 e. The first-order valence-electron chi connectivity index (χ1n) is 7.39. The summed E-state index contributed by atoms with van der Waals surface area (Å²) in [4.78, 5) is 13.9. The van der Waals surface area contributed by atoms with Crippen molar-refractivity contribution in [3.8, 4) is 0 Å². The van der Waals surface area contributed by atoms with E-state index in [2.05, 4.69) is 58.7 Å². The number of nitrogens with one attached hydrogen (secondary N) is 1. The summed E-state index contributed by atoms with van der Waals surface area (Å²) in [7, 11) is 1.69. The van der Waals surface area contributed by atoms with Crippen molar-refractivity contribution >= 4 is 11.6 Å². The summed E-state index contributed by atoms with van der Waals surface area (Å²) in [5.74, 6) is 0.478. The Balaban J connectivity index is 1.94. The number of likely N-dealkylation sites (N-methyl/N-ethyl adjacent to an activating group) is 1. The number of carbonyl (C=O) groups is 1. The van der Waals surface area contributed by atoms with Crippen molar-refractivity contribution < 1.29 is 4.79 Å². The zero-order chi connectivity index (χ0) is 14.7. The lowest BCUT2D eigenvalue weighted by Crippen LogP contribution is -2.39. The second kappa shape index (κ2) is 6.00. The summed E-state index contributed by atoms with van der Waals surface area (Å²) < 4.78 is 0. The molecule has 1 amide bonds. The van der Waals surface area contributed by atoms with Crippen LogP contribution in [0.15, 0.2) is 54.6 Å². The number of carbonyl (C=O) groups excluding carboxylic acids is 1. The maximum absolute atomic E-state index is 11.7. The summed E-state index contributed by atoms with van der Waals surface area (Å²) in [5.41, 5.74) is 3.85. The number of hydrogen-bond donors (Lipinski definition) is 1. The van der Waals surface area contributed by atoms with Gasteiger partial charge in [0.15, 0.2) is 0 Å². The Bertz CT molecular complexity index is 624. The van der Waals surface area contributed by atoms with Crippen LogP contribution in [-0.2, 0) is 4.79 Å². The molecular formula is C18H20N2O. The molecule has 0 aromatic heterocycles. The van der Waals surface area contributed by atoms with E-state index >= 15 is 0 Å². The predicted octanol–water partition coefficient (Wildman–Crippen LogP) is 2.77. The van der Waals surface area contributed by atoms with E-state index in [0.29, 0.717) is 12.5 Å². The number of amides is 1. The van der Waals surface area contributed by atoms with Gasteiger partial charge in [-0.1, -0.05) is 48.5 Å². The van der Waals surface area contributed by atoms with Crippen molar-refractivity contribution in [3.05, 3.63) is 65.7 Å². The third-order valence-electron chi connectivity index (χ3n) is 4.16. The largest absolute Gasteiger partial charge is 0.362 e. The average molecular weight is 280 g/mol. The molecule has 1 atom stereocenters. The lowest BCUT2D eigenvalue weighted by atomic mass is 9.84. The van der Waals surface area contributed by atoms with E-state index in [1.165, 1.54) is 16.8 Å². The first-order valence-corrected chi connectivity index (χ1v) is 7.39. The van der Waals surface area contributed by atoms with Crippen molar-refractivity contribution in [1.82, 2.24) is 5.32 Å². The molecule has 0 radical (unpaired) electrons. The number of para-hydroxylation sites is 1. The highest BCUT2D eigenvalue weighted by Gasteiger charge is 2.26. The molecule has 2 aromatic carbocycles. The molecule has 3 rings (SSSR count). The van der Waals surface area contributed by atoms with Crippen LogP contribution in [0.1, 0.15) is 23.5 Å². The topological polar surface area (TPSA) is 32.3 Å². The van der Waals surface area contributed by atoms with Crippen LogP contribution in [0.5, 0.6) is 0 Å². The maximum Gasteiger partial charge on any atom is 0.239 e. The number of benzene rings is 2. The van der Waals surface area contributed by atoms with Crippen LogP contribution in [0, 0.1) is 0 Å². The Morgan fingerprint density at radius 3 is 2.62 bits per heavy atom. The highest BCUT2D eigenvalue weighted by Crippen LogP contribution is 2.38. The monoisotopic (exact) mass is 280 g/mol. The van der Waals surface area contributed by atoms with Crippen molar-refractivity contribution in [2.24, 2.45) is 0 Å². The molecule has 0 fully saturated rings. The normalized spacial score (nSPS) is 17.2. The first-order chi connectivity index (χ1) is 10.3. The molecule has 0 bridgehead atoms. The molecule has 1 aliphatic rings. The van der Waals surface area contributed by atoms with Gasteiger partial charge in [0.25, 0.3) is 0 Å². The van der Waals surface area contributed by atoms with E-state index < -0.39 is 0 Å². The van der Waals surface area contributed by atoms with Crippen LogP contribution in [0.2, 0.25) is 0 Å². The molecule has 3 nitrogen and oxygen atoms in total. The fraction of sp³-hybridized carbons (Fsp3) is 0.278. The number of nitrogens with zero attached hydrogens (tertiary/aromatic N) is 1. The molecule has 0 saturated heterocycles. The summed E-state index contributed by atoms with van der Waals surface area (Å²) in [5, 5.41) is 2.71. The number of rotatable bonds is 3. The third-order valence-corrected chi connectivity index (χ3v) is 4.16. The third kappa shape index (κ3) is 2.77. The van der Waals surface area contributed by atoms with E-state index in [-0.39, 0.29) is 5.91 Å². The van der Waals surface area contributed by atoms with E-state index in [0.717, 1.165) is 13.0 Å². The van der Waals surface area contributed by atoms with Crippen LogP contribution < -0.4 is 10.2 Å². The second-order valence-electron chi connectivity index (χ2n) is 5.41. The van der Waals surface area contributed by atoms with Crippen molar-refractivity contribution in [2.75, 3.05) is 25.0 Å². The van der Waals surface area contributed by atoms with Crippen LogP contribution >= 0.6 is 0 Å². The van der Waals surface area contributed by atoms with Gasteiger partial charge in [-0.05, 0) is 23.6 Å². The smallest absolute Gasteiger partial charge is 0.239 e. The predicted molar refractivity (Wildman–Crippen MR) is 85.6 cm³/mol. The average Bonchev–Trinajstić information content (AvgIpc) is 2.56. The fourth-order valence-corrected chi connectivity index (χ4v) is 3.08. The molecule has 1 unspecified atom stereocenters. The van der Waals surface area contributed by atoms with Gasteiger partial charge in [-0.2, -0.15) is 0 Å². The Morgan fingerprint density at radius 1 is 1.14 bits per heavy atom. The zero-order valence-corrected chi connectivity index (χ0v) is 12.3. The number of fused-ring (bicyclic) bond motifs is 1. The van der Waals surface area contributed by atoms with Gasteiger partial charge in [-0.25, -0.2) is 0 Å². The lowest BCUT2D eigenvalue weighted by molar-refractivity contribution is -0.119. The maximum atomic E-state index is 11.7. The van der Waals surface area contributed by atoms with Gasteiger partial charge in [0, 0.05) is 25.2 Å². The molecule has 0 saturated carbocycles. The van der Waals surface area contributed by atoms with Crippen LogP contribution in [0.25, 0.3) is 0 Å². The lowest BCUT2D eigenvalue weighted by Gasteiger charge is -2.35. The van der Waals surface area contributed by atoms with E-state index in [1.807, 2.05) is 6.07 Å². The minimum absolute atomic E-state index is 0.0583. The fourth-order valence-electron chi connectivity index (χ4n) is 3.08. The molecule has 3 heteroatoms. The zero-order valence-electron chi connectivity index (χ0n) is 12.3. The Kier molecular flexibility index (Phi) is 3.91. The van der Waals surface area contributed by atoms with Gasteiger partial charge in [0.1, 0.15) is 0 Å². The van der Waals surface area contributed by atoms with Gasteiger partial charge < -0.3 is 10.2 Å². The first kappa shape index (κ1) is 13.7. The summed E-state index contributed by atoms with van der Waals surface area (Å²) in [6, 6.07) is 19.0. The van der Waals surface area contributed by atoms with Crippen LogP contribution in [-0.4, -0.2) is 26.0 Å².